The molecule has 0 spiro atoms. The third-order valence-corrected chi connectivity index (χ3v) is 3.83. The minimum Gasteiger partial charge on any atom is -0.350 e. The molecule has 0 saturated heterocycles. The van der Waals surface area contributed by atoms with Gasteiger partial charge in [-0.25, -0.2) is 0 Å². The molecule has 23 heavy (non-hydrogen) atoms. The van der Waals surface area contributed by atoms with Gasteiger partial charge in [-0.1, -0.05) is 67.6 Å². The zero-order valence-electron chi connectivity index (χ0n) is 13.0. The Labute approximate surface area is 135 Å². The molecule has 0 aliphatic carbocycles. The summed E-state index contributed by atoms with van der Waals surface area (Å²) in [6.45, 7) is 2.68. The maximum absolute atomic E-state index is 12.2. The molecule has 1 atom stereocenters. The van der Waals surface area contributed by atoms with E-state index in [1.807, 2.05) is 48.5 Å². The number of benzene rings is 2. The summed E-state index contributed by atoms with van der Waals surface area (Å²) in [5, 5.41) is 9.96. The number of hydrogen-bond acceptors (Lipinski definition) is 2. The second kappa shape index (κ2) is 6.92. The molecule has 4 heteroatoms. The average molecular weight is 305 g/mol. The van der Waals surface area contributed by atoms with Crippen LogP contribution in [-0.2, 0) is 0 Å². The molecule has 0 saturated carbocycles. The minimum atomic E-state index is -0.137. The number of aromatic nitrogens is 2. The summed E-state index contributed by atoms with van der Waals surface area (Å²) in [4.78, 5) is 12.2. The van der Waals surface area contributed by atoms with Gasteiger partial charge >= 0.3 is 0 Å². The number of carbonyl (C=O) groups excluding carboxylic acids is 1. The van der Waals surface area contributed by atoms with Crippen molar-refractivity contribution in [3.63, 3.8) is 0 Å². The number of rotatable bonds is 5. The van der Waals surface area contributed by atoms with Gasteiger partial charge in [0.25, 0.3) is 5.91 Å². The van der Waals surface area contributed by atoms with Crippen LogP contribution in [0, 0.1) is 0 Å². The first-order valence-electron chi connectivity index (χ1n) is 7.68. The third kappa shape index (κ3) is 3.66. The lowest BCUT2D eigenvalue weighted by Gasteiger charge is -2.12. The normalized spacial score (nSPS) is 11.9. The topological polar surface area (TPSA) is 57.8 Å². The summed E-state index contributed by atoms with van der Waals surface area (Å²) in [5.41, 5.74) is 3.44. The number of nitrogens with zero attached hydrogens (tertiary/aromatic N) is 1. The molecule has 2 aromatic carbocycles. The van der Waals surface area contributed by atoms with Crippen LogP contribution < -0.4 is 5.32 Å². The molecule has 0 aliphatic rings. The maximum Gasteiger partial charge on any atom is 0.269 e. The Balaban J connectivity index is 1.62. The van der Waals surface area contributed by atoms with Gasteiger partial charge in [0.05, 0.1) is 5.69 Å². The Hall–Kier alpha value is -2.88. The van der Waals surface area contributed by atoms with E-state index in [0.29, 0.717) is 12.2 Å². The van der Waals surface area contributed by atoms with E-state index < -0.39 is 0 Å². The highest BCUT2D eigenvalue weighted by Gasteiger charge is 2.12. The average Bonchev–Trinajstić information content (AvgIpc) is 3.11. The minimum absolute atomic E-state index is 0.137. The second-order valence-electron chi connectivity index (χ2n) is 5.55. The van der Waals surface area contributed by atoms with Gasteiger partial charge in [0.2, 0.25) is 0 Å². The Morgan fingerprint density at radius 3 is 2.43 bits per heavy atom. The number of carbonyl (C=O) groups is 1. The first kappa shape index (κ1) is 15.0. The van der Waals surface area contributed by atoms with E-state index >= 15 is 0 Å². The molecule has 116 valence electrons. The molecule has 0 unspecified atom stereocenters. The lowest BCUT2D eigenvalue weighted by molar-refractivity contribution is 0.0946. The first-order chi connectivity index (χ1) is 11.2. The van der Waals surface area contributed by atoms with E-state index in [4.69, 9.17) is 0 Å². The largest absolute Gasteiger partial charge is 0.350 e. The SMILES string of the molecule is C[C@H](CNC(=O)c1cc(-c2ccccc2)n[nH]1)c1ccccc1. The number of H-pyrrole nitrogens is 1. The van der Waals surface area contributed by atoms with Crippen LogP contribution in [0.5, 0.6) is 0 Å². The first-order valence-corrected chi connectivity index (χ1v) is 7.68. The summed E-state index contributed by atoms with van der Waals surface area (Å²) in [7, 11) is 0. The fraction of sp³-hybridized carbons (Fsp3) is 0.158. The van der Waals surface area contributed by atoms with Crippen molar-refractivity contribution in [1.29, 1.82) is 0 Å². The van der Waals surface area contributed by atoms with Gasteiger partial charge in [-0.15, -0.1) is 0 Å². The van der Waals surface area contributed by atoms with E-state index in [0.717, 1.165) is 11.3 Å². The van der Waals surface area contributed by atoms with E-state index in [-0.39, 0.29) is 11.8 Å². The van der Waals surface area contributed by atoms with E-state index in [1.54, 1.807) is 6.07 Å². The Morgan fingerprint density at radius 2 is 1.74 bits per heavy atom. The molecule has 0 fully saturated rings. The molecule has 3 rings (SSSR count). The lowest BCUT2D eigenvalue weighted by atomic mass is 10.0. The smallest absolute Gasteiger partial charge is 0.269 e. The summed E-state index contributed by atoms with van der Waals surface area (Å²) in [5.74, 6) is 0.124. The Bertz CT molecular complexity index is 766. The van der Waals surface area contributed by atoms with Crippen LogP contribution in [0.1, 0.15) is 28.9 Å². The van der Waals surface area contributed by atoms with Crippen molar-refractivity contribution < 1.29 is 4.79 Å². The van der Waals surface area contributed by atoms with E-state index in [2.05, 4.69) is 34.6 Å². The highest BCUT2D eigenvalue weighted by molar-refractivity contribution is 5.93. The third-order valence-electron chi connectivity index (χ3n) is 3.83. The van der Waals surface area contributed by atoms with Crippen LogP contribution >= 0.6 is 0 Å². The van der Waals surface area contributed by atoms with Crippen molar-refractivity contribution in [2.75, 3.05) is 6.54 Å². The number of aromatic amines is 1. The van der Waals surface area contributed by atoms with Gasteiger partial charge in [-0.3, -0.25) is 9.89 Å². The van der Waals surface area contributed by atoms with Gasteiger partial charge in [-0.2, -0.15) is 5.10 Å². The van der Waals surface area contributed by atoms with Crippen molar-refractivity contribution in [3.8, 4) is 11.3 Å². The fourth-order valence-corrected chi connectivity index (χ4v) is 2.44. The molecular weight excluding hydrogens is 286 g/mol. The molecule has 1 heterocycles. The monoisotopic (exact) mass is 305 g/mol. The quantitative estimate of drug-likeness (QED) is 0.756. The molecule has 2 N–H and O–H groups in total. The van der Waals surface area contributed by atoms with Crippen molar-refractivity contribution in [3.05, 3.63) is 78.0 Å². The van der Waals surface area contributed by atoms with Crippen molar-refractivity contribution >= 4 is 5.91 Å². The molecule has 0 aliphatic heterocycles. The van der Waals surface area contributed by atoms with Gasteiger partial charge < -0.3 is 5.32 Å². The Morgan fingerprint density at radius 1 is 1.09 bits per heavy atom. The molecule has 4 nitrogen and oxygen atoms in total. The fourth-order valence-electron chi connectivity index (χ4n) is 2.44. The lowest BCUT2D eigenvalue weighted by Crippen LogP contribution is -2.27. The molecule has 0 radical (unpaired) electrons. The van der Waals surface area contributed by atoms with Gasteiger partial charge in [0.1, 0.15) is 5.69 Å². The second-order valence-corrected chi connectivity index (χ2v) is 5.55. The van der Waals surface area contributed by atoms with Crippen LogP contribution in [0.3, 0.4) is 0 Å². The number of amides is 1. The van der Waals surface area contributed by atoms with Gasteiger partial charge in [0.15, 0.2) is 0 Å². The van der Waals surface area contributed by atoms with Crippen LogP contribution in [-0.4, -0.2) is 22.6 Å². The summed E-state index contributed by atoms with van der Waals surface area (Å²) >= 11 is 0. The maximum atomic E-state index is 12.2. The van der Waals surface area contributed by atoms with Crippen LogP contribution in [0.15, 0.2) is 66.7 Å². The van der Waals surface area contributed by atoms with Crippen molar-refractivity contribution in [1.82, 2.24) is 15.5 Å². The molecule has 0 bridgehead atoms. The van der Waals surface area contributed by atoms with Gasteiger partial charge in [0, 0.05) is 12.1 Å². The van der Waals surface area contributed by atoms with Crippen LogP contribution in [0.2, 0.25) is 0 Å². The van der Waals surface area contributed by atoms with Crippen molar-refractivity contribution in [2.45, 2.75) is 12.8 Å². The molecule has 1 amide bonds. The van der Waals surface area contributed by atoms with Crippen LogP contribution in [0.25, 0.3) is 11.3 Å². The van der Waals surface area contributed by atoms with E-state index in [1.165, 1.54) is 5.56 Å². The van der Waals surface area contributed by atoms with E-state index in [9.17, 15) is 4.79 Å². The summed E-state index contributed by atoms with van der Waals surface area (Å²) in [6, 6.07) is 21.7. The highest BCUT2D eigenvalue weighted by Crippen LogP contribution is 2.17. The zero-order valence-corrected chi connectivity index (χ0v) is 13.0. The zero-order chi connectivity index (χ0) is 16.1. The number of hydrogen-bond donors (Lipinski definition) is 2. The Kier molecular flexibility index (Phi) is 4.52. The predicted molar refractivity (Wildman–Crippen MR) is 91.2 cm³/mol. The van der Waals surface area contributed by atoms with Gasteiger partial charge in [-0.05, 0) is 17.5 Å². The molecule has 1 aromatic heterocycles. The molecular formula is C19H19N3O. The number of nitrogens with one attached hydrogen (secondary N) is 2. The summed E-state index contributed by atoms with van der Waals surface area (Å²) < 4.78 is 0. The summed E-state index contributed by atoms with van der Waals surface area (Å²) in [6.07, 6.45) is 0. The standard InChI is InChI=1S/C19H19N3O/c1-14(15-8-4-2-5-9-15)13-20-19(23)18-12-17(21-22-18)16-10-6-3-7-11-16/h2-12,14H,13H2,1H3,(H,20,23)(H,21,22)/t14-/m1/s1. The molecule has 3 aromatic rings. The predicted octanol–water partition coefficient (Wildman–Crippen LogP) is 3.61. The van der Waals surface area contributed by atoms with Crippen LogP contribution in [0.4, 0.5) is 0 Å². The highest BCUT2D eigenvalue weighted by atomic mass is 16.1. The van der Waals surface area contributed by atoms with Crippen molar-refractivity contribution in [2.24, 2.45) is 0 Å².